The molecule has 1 aliphatic rings. The lowest BCUT2D eigenvalue weighted by atomic mass is 10.2. The van der Waals surface area contributed by atoms with Gasteiger partial charge in [-0.3, -0.25) is 4.79 Å². The molecule has 2 N–H and O–H groups in total. The van der Waals surface area contributed by atoms with Crippen molar-refractivity contribution in [2.24, 2.45) is 5.73 Å². The summed E-state index contributed by atoms with van der Waals surface area (Å²) in [5.41, 5.74) is 7.61. The monoisotopic (exact) mass is 217 g/mol. The van der Waals surface area contributed by atoms with Crippen molar-refractivity contribution in [3.8, 4) is 0 Å². The number of ether oxygens (including phenoxy) is 1. The van der Waals surface area contributed by atoms with E-state index in [1.54, 1.807) is 12.1 Å². The van der Waals surface area contributed by atoms with Crippen LogP contribution in [0.2, 0.25) is 0 Å². The Morgan fingerprint density at radius 3 is 3.19 bits per heavy atom. The number of hydrogen-bond acceptors (Lipinski definition) is 3. The molecule has 5 heteroatoms. The number of benzene rings is 1. The quantitative estimate of drug-likeness (QED) is 0.763. The minimum atomic E-state index is -0.412. The van der Waals surface area contributed by atoms with Crippen molar-refractivity contribution in [2.75, 3.05) is 6.61 Å². The molecule has 1 amide bonds. The molecule has 0 radical (unpaired) electrons. The first-order valence-electron chi connectivity index (χ1n) is 5.12. The summed E-state index contributed by atoms with van der Waals surface area (Å²) in [6, 6.07) is 5.31. The van der Waals surface area contributed by atoms with Gasteiger partial charge in [-0.1, -0.05) is 0 Å². The lowest BCUT2D eigenvalue weighted by molar-refractivity contribution is 0.0830. The van der Waals surface area contributed by atoms with Crippen LogP contribution in [0.1, 0.15) is 16.2 Å². The Labute approximate surface area is 91.8 Å². The van der Waals surface area contributed by atoms with Crippen LogP contribution in [0.25, 0.3) is 11.0 Å². The lowest BCUT2D eigenvalue weighted by Crippen LogP contribution is -2.16. The van der Waals surface area contributed by atoms with E-state index in [1.807, 2.05) is 6.07 Å². The van der Waals surface area contributed by atoms with Crippen molar-refractivity contribution < 1.29 is 9.53 Å². The van der Waals surface area contributed by atoms with Gasteiger partial charge in [0.1, 0.15) is 12.4 Å². The molecule has 1 aliphatic heterocycles. The van der Waals surface area contributed by atoms with Gasteiger partial charge in [-0.2, -0.15) is 0 Å². The first kappa shape index (κ1) is 9.35. The van der Waals surface area contributed by atoms with Gasteiger partial charge in [0.2, 0.25) is 5.91 Å². The van der Waals surface area contributed by atoms with Crippen LogP contribution < -0.4 is 5.73 Å². The smallest absolute Gasteiger partial charge is 0.248 e. The van der Waals surface area contributed by atoms with Crippen LogP contribution >= 0.6 is 0 Å². The van der Waals surface area contributed by atoms with Crippen LogP contribution in [0.15, 0.2) is 18.2 Å². The second-order valence-corrected chi connectivity index (χ2v) is 3.80. The highest BCUT2D eigenvalue weighted by atomic mass is 16.5. The number of imidazole rings is 1. The molecule has 2 aromatic rings. The molecule has 3 rings (SSSR count). The van der Waals surface area contributed by atoms with Crippen LogP contribution in [-0.4, -0.2) is 22.1 Å². The molecule has 0 aliphatic carbocycles. The van der Waals surface area contributed by atoms with E-state index >= 15 is 0 Å². The summed E-state index contributed by atoms with van der Waals surface area (Å²) in [5, 5.41) is 0. The van der Waals surface area contributed by atoms with Gasteiger partial charge in [-0.15, -0.1) is 0 Å². The Bertz CT molecular complexity index is 574. The van der Waals surface area contributed by atoms with Crippen molar-refractivity contribution in [3.05, 3.63) is 29.6 Å². The topological polar surface area (TPSA) is 70.1 Å². The summed E-state index contributed by atoms with van der Waals surface area (Å²) in [5.74, 6) is 0.493. The summed E-state index contributed by atoms with van der Waals surface area (Å²) >= 11 is 0. The van der Waals surface area contributed by atoms with Crippen molar-refractivity contribution in [1.82, 2.24) is 9.55 Å². The zero-order valence-corrected chi connectivity index (χ0v) is 8.64. The number of amides is 1. The summed E-state index contributed by atoms with van der Waals surface area (Å²) < 4.78 is 7.40. The molecule has 0 atom stereocenters. The van der Waals surface area contributed by atoms with E-state index in [-0.39, 0.29) is 0 Å². The Kier molecular flexibility index (Phi) is 1.94. The molecule has 0 unspecified atom stereocenters. The highest BCUT2D eigenvalue weighted by molar-refractivity contribution is 5.96. The summed E-state index contributed by atoms with van der Waals surface area (Å²) in [7, 11) is 0. The van der Waals surface area contributed by atoms with Crippen LogP contribution in [-0.2, 0) is 17.9 Å². The Balaban J connectivity index is 2.25. The van der Waals surface area contributed by atoms with Crippen LogP contribution in [0.4, 0.5) is 0 Å². The number of nitrogens with zero attached hydrogens (tertiary/aromatic N) is 2. The third kappa shape index (κ3) is 1.29. The van der Waals surface area contributed by atoms with Crippen molar-refractivity contribution in [3.63, 3.8) is 0 Å². The molecular weight excluding hydrogens is 206 g/mol. The number of rotatable bonds is 1. The van der Waals surface area contributed by atoms with E-state index in [0.717, 1.165) is 23.4 Å². The fraction of sp³-hybridized carbons (Fsp3) is 0.273. The predicted molar refractivity (Wildman–Crippen MR) is 57.9 cm³/mol. The largest absolute Gasteiger partial charge is 0.372 e. The third-order valence-electron chi connectivity index (χ3n) is 2.80. The van der Waals surface area contributed by atoms with E-state index in [9.17, 15) is 4.79 Å². The van der Waals surface area contributed by atoms with Gasteiger partial charge in [0.25, 0.3) is 0 Å². The molecule has 1 aromatic heterocycles. The molecule has 16 heavy (non-hydrogen) atoms. The van der Waals surface area contributed by atoms with Gasteiger partial charge in [0.05, 0.1) is 17.6 Å². The average molecular weight is 217 g/mol. The molecule has 0 bridgehead atoms. The van der Waals surface area contributed by atoms with E-state index < -0.39 is 5.91 Å². The number of fused-ring (bicyclic) bond motifs is 3. The van der Waals surface area contributed by atoms with Crippen LogP contribution in [0.5, 0.6) is 0 Å². The minimum absolute atomic E-state index is 0.412. The van der Waals surface area contributed by atoms with Crippen LogP contribution in [0.3, 0.4) is 0 Å². The second-order valence-electron chi connectivity index (χ2n) is 3.80. The molecule has 0 saturated carbocycles. The first-order valence-corrected chi connectivity index (χ1v) is 5.12. The highest BCUT2D eigenvalue weighted by Crippen LogP contribution is 2.20. The van der Waals surface area contributed by atoms with E-state index in [4.69, 9.17) is 10.5 Å². The number of hydrogen-bond donors (Lipinski definition) is 1. The summed E-state index contributed by atoms with van der Waals surface area (Å²) in [4.78, 5) is 15.5. The molecular formula is C11H11N3O2. The highest BCUT2D eigenvalue weighted by Gasteiger charge is 2.15. The van der Waals surface area contributed by atoms with E-state index in [0.29, 0.717) is 18.8 Å². The normalized spacial score (nSPS) is 15.0. The predicted octanol–water partition coefficient (Wildman–Crippen LogP) is 0.665. The number of primary amides is 1. The lowest BCUT2D eigenvalue weighted by Gasteiger charge is -2.14. The van der Waals surface area contributed by atoms with Gasteiger partial charge < -0.3 is 15.0 Å². The first-order chi connectivity index (χ1) is 7.75. The van der Waals surface area contributed by atoms with Gasteiger partial charge in [0, 0.05) is 12.1 Å². The summed E-state index contributed by atoms with van der Waals surface area (Å²) in [6.07, 6.45) is 0. The zero-order valence-electron chi connectivity index (χ0n) is 8.64. The minimum Gasteiger partial charge on any atom is -0.372 e. The number of carbonyl (C=O) groups is 1. The molecule has 2 heterocycles. The fourth-order valence-corrected chi connectivity index (χ4v) is 2.00. The molecule has 1 aromatic carbocycles. The van der Waals surface area contributed by atoms with Gasteiger partial charge in [-0.05, 0) is 18.2 Å². The van der Waals surface area contributed by atoms with Crippen molar-refractivity contribution in [1.29, 1.82) is 0 Å². The molecule has 0 saturated heterocycles. The van der Waals surface area contributed by atoms with Crippen molar-refractivity contribution in [2.45, 2.75) is 13.2 Å². The SMILES string of the molecule is NC(=O)c1ccc2nc3n(c2c1)CCOC3. The maximum atomic E-state index is 11.1. The molecule has 82 valence electrons. The standard InChI is InChI=1S/C11H11N3O2/c12-11(15)7-1-2-8-9(5-7)14-3-4-16-6-10(14)13-8/h1-2,5H,3-4,6H2,(H2,12,15). The Hall–Kier alpha value is -1.88. The van der Waals surface area contributed by atoms with Crippen LogP contribution in [0, 0.1) is 0 Å². The summed E-state index contributed by atoms with van der Waals surface area (Å²) in [6.45, 7) is 1.98. The second kappa shape index (κ2) is 3.31. The maximum Gasteiger partial charge on any atom is 0.248 e. The van der Waals surface area contributed by atoms with E-state index in [1.165, 1.54) is 0 Å². The zero-order chi connectivity index (χ0) is 11.1. The van der Waals surface area contributed by atoms with Gasteiger partial charge in [0.15, 0.2) is 0 Å². The van der Waals surface area contributed by atoms with Crippen molar-refractivity contribution >= 4 is 16.9 Å². The van der Waals surface area contributed by atoms with Gasteiger partial charge in [-0.25, -0.2) is 4.98 Å². The maximum absolute atomic E-state index is 11.1. The molecule has 0 spiro atoms. The molecule has 5 nitrogen and oxygen atoms in total. The number of aromatic nitrogens is 2. The Morgan fingerprint density at radius 2 is 2.38 bits per heavy atom. The molecule has 0 fully saturated rings. The van der Waals surface area contributed by atoms with Gasteiger partial charge >= 0.3 is 0 Å². The fourth-order valence-electron chi connectivity index (χ4n) is 2.00. The van der Waals surface area contributed by atoms with E-state index in [2.05, 4.69) is 9.55 Å². The third-order valence-corrected chi connectivity index (χ3v) is 2.80. The number of nitrogens with two attached hydrogens (primary N) is 1. The number of carbonyl (C=O) groups excluding carboxylic acids is 1. The Morgan fingerprint density at radius 1 is 1.50 bits per heavy atom. The average Bonchev–Trinajstić information content (AvgIpc) is 2.66.